The van der Waals surface area contributed by atoms with Crippen LogP contribution >= 0.6 is 11.3 Å². The van der Waals surface area contributed by atoms with Crippen molar-refractivity contribution in [2.24, 2.45) is 0 Å². The van der Waals surface area contributed by atoms with Crippen LogP contribution in [0.3, 0.4) is 0 Å². The third-order valence-electron chi connectivity index (χ3n) is 3.00. The molecule has 3 nitrogen and oxygen atoms in total. The maximum absolute atomic E-state index is 12.3. The number of anilines is 1. The van der Waals surface area contributed by atoms with Crippen LogP contribution in [-0.4, -0.2) is 10.5 Å². The van der Waals surface area contributed by atoms with Gasteiger partial charge >= 0.3 is 0 Å². The van der Waals surface area contributed by atoms with Crippen LogP contribution in [0.5, 0.6) is 0 Å². The predicted octanol–water partition coefficient (Wildman–Crippen LogP) is 3.85. The van der Waals surface area contributed by atoms with E-state index in [0.29, 0.717) is 6.54 Å². The van der Waals surface area contributed by atoms with Crippen LogP contribution in [0.2, 0.25) is 0 Å². The second kappa shape index (κ2) is 5.75. The first-order chi connectivity index (χ1) is 9.83. The molecule has 0 radical (unpaired) electrons. The topological polar surface area (TPSA) is 34.0 Å². The number of thiophene rings is 1. The Labute approximate surface area is 121 Å². The molecule has 0 spiro atoms. The van der Waals surface area contributed by atoms with Crippen LogP contribution in [0, 0.1) is 0 Å². The summed E-state index contributed by atoms with van der Waals surface area (Å²) in [5, 5.41) is 4.88. The summed E-state index contributed by atoms with van der Waals surface area (Å²) in [6.07, 6.45) is 3.99. The lowest BCUT2D eigenvalue weighted by Crippen LogP contribution is -2.13. The van der Waals surface area contributed by atoms with Crippen molar-refractivity contribution in [3.63, 3.8) is 0 Å². The van der Waals surface area contributed by atoms with Crippen molar-refractivity contribution in [2.45, 2.75) is 6.54 Å². The number of rotatable bonds is 4. The highest BCUT2D eigenvalue weighted by atomic mass is 32.1. The summed E-state index contributed by atoms with van der Waals surface area (Å²) < 4.78 is 2.06. The highest BCUT2D eigenvalue weighted by molar-refractivity contribution is 7.12. The lowest BCUT2D eigenvalue weighted by atomic mass is 10.2. The van der Waals surface area contributed by atoms with Crippen LogP contribution in [0.25, 0.3) is 0 Å². The molecule has 0 saturated carbocycles. The lowest BCUT2D eigenvalue weighted by molar-refractivity contribution is 0.102. The zero-order valence-electron chi connectivity index (χ0n) is 10.8. The molecule has 0 saturated heterocycles. The number of hydrogen-bond acceptors (Lipinski definition) is 2. The van der Waals surface area contributed by atoms with Gasteiger partial charge in [0, 0.05) is 24.6 Å². The zero-order chi connectivity index (χ0) is 13.8. The van der Waals surface area contributed by atoms with Gasteiger partial charge in [-0.05, 0) is 41.3 Å². The Bertz CT molecular complexity index is 686. The molecular weight excluding hydrogens is 268 g/mol. The molecule has 2 heterocycles. The van der Waals surface area contributed by atoms with Crippen LogP contribution in [-0.2, 0) is 6.54 Å². The Morgan fingerprint density at radius 3 is 2.55 bits per heavy atom. The smallest absolute Gasteiger partial charge is 0.266 e. The molecule has 0 fully saturated rings. The van der Waals surface area contributed by atoms with Gasteiger partial charge < -0.3 is 9.88 Å². The van der Waals surface area contributed by atoms with Crippen LogP contribution < -0.4 is 5.32 Å². The quantitative estimate of drug-likeness (QED) is 0.775. The number of para-hydroxylation sites is 1. The first-order valence-corrected chi connectivity index (χ1v) is 7.24. The van der Waals surface area contributed by atoms with Gasteiger partial charge in [0.15, 0.2) is 0 Å². The van der Waals surface area contributed by atoms with Crippen molar-refractivity contribution >= 4 is 22.9 Å². The Morgan fingerprint density at radius 2 is 1.80 bits per heavy atom. The molecule has 0 bridgehead atoms. The summed E-state index contributed by atoms with van der Waals surface area (Å²) in [7, 11) is 0. The number of hydrogen-bond donors (Lipinski definition) is 1. The second-order valence-corrected chi connectivity index (χ2v) is 5.37. The number of aromatic nitrogens is 1. The van der Waals surface area contributed by atoms with Crippen LogP contribution in [0.15, 0.2) is 66.3 Å². The molecule has 1 aromatic carbocycles. The van der Waals surface area contributed by atoms with E-state index in [2.05, 4.69) is 9.88 Å². The number of benzene rings is 1. The number of carbonyl (C=O) groups excluding carboxylic acids is 1. The molecule has 2 aromatic heterocycles. The maximum Gasteiger partial charge on any atom is 0.266 e. The molecular formula is C16H14N2OS. The van der Waals surface area contributed by atoms with Gasteiger partial charge in [-0.25, -0.2) is 0 Å². The number of nitrogens with one attached hydrogen (secondary N) is 1. The molecule has 0 aliphatic carbocycles. The van der Waals surface area contributed by atoms with E-state index in [0.717, 1.165) is 16.1 Å². The van der Waals surface area contributed by atoms with Gasteiger partial charge in [-0.2, -0.15) is 0 Å². The standard InChI is InChI=1S/C16H14N2OS/c19-16(17-14-6-2-1-3-7-14)15-13(8-11-20-15)12-18-9-4-5-10-18/h1-11H,12H2,(H,17,19). The summed E-state index contributed by atoms with van der Waals surface area (Å²) in [6, 6.07) is 15.5. The maximum atomic E-state index is 12.3. The molecule has 0 atom stereocenters. The van der Waals surface area contributed by atoms with Gasteiger partial charge in [-0.3, -0.25) is 4.79 Å². The summed E-state index contributed by atoms with van der Waals surface area (Å²) in [5.41, 5.74) is 1.86. The highest BCUT2D eigenvalue weighted by Gasteiger charge is 2.13. The predicted molar refractivity (Wildman–Crippen MR) is 82.2 cm³/mol. The van der Waals surface area contributed by atoms with Gasteiger partial charge in [0.2, 0.25) is 0 Å². The van der Waals surface area contributed by atoms with E-state index in [1.165, 1.54) is 11.3 Å². The molecule has 1 amide bonds. The molecule has 1 N–H and O–H groups in total. The minimum atomic E-state index is -0.0478. The van der Waals surface area contributed by atoms with E-state index < -0.39 is 0 Å². The molecule has 0 aliphatic rings. The second-order valence-electron chi connectivity index (χ2n) is 4.45. The Balaban J connectivity index is 1.77. The molecule has 20 heavy (non-hydrogen) atoms. The van der Waals surface area contributed by atoms with Gasteiger partial charge in [-0.1, -0.05) is 18.2 Å². The fraction of sp³-hybridized carbons (Fsp3) is 0.0625. The van der Waals surface area contributed by atoms with E-state index >= 15 is 0 Å². The fourth-order valence-electron chi connectivity index (χ4n) is 2.04. The SMILES string of the molecule is O=C(Nc1ccccc1)c1sccc1Cn1cccc1. The molecule has 3 aromatic rings. The zero-order valence-corrected chi connectivity index (χ0v) is 11.6. The summed E-state index contributed by atoms with van der Waals surface area (Å²) in [6.45, 7) is 0.716. The van der Waals surface area contributed by atoms with Crippen molar-refractivity contribution < 1.29 is 4.79 Å². The Kier molecular flexibility index (Phi) is 3.65. The van der Waals surface area contributed by atoms with Crippen molar-refractivity contribution in [1.29, 1.82) is 0 Å². The number of nitrogens with zero attached hydrogens (tertiary/aromatic N) is 1. The fourth-order valence-corrected chi connectivity index (χ4v) is 2.85. The van der Waals surface area contributed by atoms with Crippen LogP contribution in [0.1, 0.15) is 15.2 Å². The summed E-state index contributed by atoms with van der Waals surface area (Å²) >= 11 is 1.47. The van der Waals surface area contributed by atoms with E-state index in [1.807, 2.05) is 66.3 Å². The minimum absolute atomic E-state index is 0.0478. The molecule has 3 rings (SSSR count). The van der Waals surface area contributed by atoms with Gasteiger partial charge in [0.05, 0.1) is 4.88 Å². The molecule has 0 unspecified atom stereocenters. The Morgan fingerprint density at radius 1 is 1.05 bits per heavy atom. The number of carbonyl (C=O) groups is 1. The average molecular weight is 282 g/mol. The van der Waals surface area contributed by atoms with E-state index in [-0.39, 0.29) is 5.91 Å². The number of amides is 1. The highest BCUT2D eigenvalue weighted by Crippen LogP contribution is 2.20. The van der Waals surface area contributed by atoms with Crippen molar-refractivity contribution in [3.8, 4) is 0 Å². The normalized spacial score (nSPS) is 10.4. The van der Waals surface area contributed by atoms with Gasteiger partial charge in [-0.15, -0.1) is 11.3 Å². The third kappa shape index (κ3) is 2.81. The summed E-state index contributed by atoms with van der Waals surface area (Å²) in [4.78, 5) is 13.1. The van der Waals surface area contributed by atoms with E-state index in [4.69, 9.17) is 0 Å². The van der Waals surface area contributed by atoms with Crippen LogP contribution in [0.4, 0.5) is 5.69 Å². The van der Waals surface area contributed by atoms with Gasteiger partial charge in [0.1, 0.15) is 0 Å². The molecule has 4 heteroatoms. The van der Waals surface area contributed by atoms with Crippen molar-refractivity contribution in [3.05, 3.63) is 76.7 Å². The largest absolute Gasteiger partial charge is 0.350 e. The van der Waals surface area contributed by atoms with Crippen molar-refractivity contribution in [2.75, 3.05) is 5.32 Å². The monoisotopic (exact) mass is 282 g/mol. The van der Waals surface area contributed by atoms with Gasteiger partial charge in [0.25, 0.3) is 5.91 Å². The Hall–Kier alpha value is -2.33. The molecule has 0 aliphatic heterocycles. The first kappa shape index (κ1) is 12.7. The van der Waals surface area contributed by atoms with E-state index in [9.17, 15) is 4.79 Å². The van der Waals surface area contributed by atoms with Crippen molar-refractivity contribution in [1.82, 2.24) is 4.57 Å². The molecule has 100 valence electrons. The van der Waals surface area contributed by atoms with E-state index in [1.54, 1.807) is 0 Å². The first-order valence-electron chi connectivity index (χ1n) is 6.36. The summed E-state index contributed by atoms with van der Waals surface area (Å²) in [5.74, 6) is -0.0478. The average Bonchev–Trinajstić information content (AvgIpc) is 3.12. The minimum Gasteiger partial charge on any atom is -0.350 e. The third-order valence-corrected chi connectivity index (χ3v) is 3.96. The lowest BCUT2D eigenvalue weighted by Gasteiger charge is -2.07.